The van der Waals surface area contributed by atoms with Crippen LogP contribution in [0.3, 0.4) is 0 Å². The van der Waals surface area contributed by atoms with Gasteiger partial charge in [-0.25, -0.2) is 4.98 Å². The Balaban J connectivity index is 1.77. The first-order valence-corrected chi connectivity index (χ1v) is 7.49. The van der Waals surface area contributed by atoms with Crippen LogP contribution < -0.4 is 0 Å². The summed E-state index contributed by atoms with van der Waals surface area (Å²) in [6.07, 6.45) is 2.04. The molecule has 1 fully saturated rings. The highest BCUT2D eigenvalue weighted by Crippen LogP contribution is 2.24. The number of carbonyl (C=O) groups excluding carboxylic acids is 1. The van der Waals surface area contributed by atoms with Gasteiger partial charge in [0.2, 0.25) is 0 Å². The van der Waals surface area contributed by atoms with Crippen molar-refractivity contribution in [2.24, 2.45) is 11.8 Å². The molecule has 0 aliphatic carbocycles. The lowest BCUT2D eigenvalue weighted by atomic mass is 9.92. The first-order valence-electron chi connectivity index (χ1n) is 7.49. The summed E-state index contributed by atoms with van der Waals surface area (Å²) in [6.45, 7) is 7.77. The molecule has 5 heteroatoms. The van der Waals surface area contributed by atoms with Gasteiger partial charge in [-0.15, -0.1) is 0 Å². The summed E-state index contributed by atoms with van der Waals surface area (Å²) in [5.41, 5.74) is 0.931. The number of aromatic nitrogens is 1. The second kappa shape index (κ2) is 5.20. The summed E-state index contributed by atoms with van der Waals surface area (Å²) in [7, 11) is 2.06. The van der Waals surface area contributed by atoms with Crippen molar-refractivity contribution in [3.05, 3.63) is 17.3 Å². The molecule has 2 aliphatic rings. The molecule has 0 N–H and O–H groups in total. The fourth-order valence-electron chi connectivity index (χ4n) is 3.38. The summed E-state index contributed by atoms with van der Waals surface area (Å²) in [5, 5.41) is 0. The van der Waals surface area contributed by atoms with Gasteiger partial charge >= 0.3 is 5.91 Å². The lowest BCUT2D eigenvalue weighted by molar-refractivity contribution is 0.0581. The maximum Gasteiger partial charge on any atom is 0.309 e. The third-order valence-electron chi connectivity index (χ3n) is 4.26. The summed E-state index contributed by atoms with van der Waals surface area (Å²) < 4.78 is 5.71. The van der Waals surface area contributed by atoms with E-state index >= 15 is 0 Å². The van der Waals surface area contributed by atoms with Gasteiger partial charge in [0.05, 0.1) is 5.69 Å². The first kappa shape index (κ1) is 13.6. The molecule has 1 amide bonds. The molecule has 0 aromatic carbocycles. The van der Waals surface area contributed by atoms with Gasteiger partial charge in [0, 0.05) is 32.6 Å². The molecule has 0 spiro atoms. The molecular formula is C15H23N3O2. The highest BCUT2D eigenvalue weighted by atomic mass is 16.4. The second-order valence-corrected chi connectivity index (χ2v) is 6.53. The van der Waals surface area contributed by atoms with Crippen LogP contribution in [0.1, 0.15) is 42.4 Å². The Labute approximate surface area is 119 Å². The minimum absolute atomic E-state index is 0.0412. The number of fused-ring (bicyclic) bond motifs is 1. The Hall–Kier alpha value is -1.36. The fraction of sp³-hybridized carbons (Fsp3) is 0.733. The number of nitrogens with zero attached hydrogens (tertiary/aromatic N) is 3. The minimum Gasteiger partial charge on any atom is -0.437 e. The minimum atomic E-state index is -0.0412. The number of hydrogen-bond acceptors (Lipinski definition) is 4. The van der Waals surface area contributed by atoms with Gasteiger partial charge in [-0.1, -0.05) is 13.8 Å². The standard InChI is InChI=1S/C15H23N3O2/c1-10-6-11(2)8-18(7-10)15(19)14-16-12-9-17(3)5-4-13(12)20-14/h10-11H,4-9H2,1-3H3/t10-,11-/m0/s1. The third kappa shape index (κ3) is 2.59. The van der Waals surface area contributed by atoms with Gasteiger partial charge in [0.1, 0.15) is 5.76 Å². The Kier molecular flexibility index (Phi) is 3.54. The Bertz CT molecular complexity index is 501. The zero-order valence-electron chi connectivity index (χ0n) is 12.6. The van der Waals surface area contributed by atoms with Crippen LogP contribution >= 0.6 is 0 Å². The van der Waals surface area contributed by atoms with E-state index in [-0.39, 0.29) is 11.8 Å². The topological polar surface area (TPSA) is 49.6 Å². The van der Waals surface area contributed by atoms with Crippen molar-refractivity contribution in [1.29, 1.82) is 0 Å². The van der Waals surface area contributed by atoms with Crippen molar-refractivity contribution in [3.63, 3.8) is 0 Å². The lowest BCUT2D eigenvalue weighted by Crippen LogP contribution is -2.42. The van der Waals surface area contributed by atoms with E-state index in [1.807, 2.05) is 4.90 Å². The number of piperidine rings is 1. The molecule has 110 valence electrons. The second-order valence-electron chi connectivity index (χ2n) is 6.53. The van der Waals surface area contributed by atoms with E-state index < -0.39 is 0 Å². The van der Waals surface area contributed by atoms with Crippen LogP contribution in [0.5, 0.6) is 0 Å². The van der Waals surface area contributed by atoms with Crippen LogP contribution in [0.25, 0.3) is 0 Å². The normalized spacial score (nSPS) is 27.4. The van der Waals surface area contributed by atoms with Crippen molar-refractivity contribution in [2.75, 3.05) is 26.7 Å². The molecular weight excluding hydrogens is 254 g/mol. The number of oxazole rings is 1. The summed E-state index contributed by atoms with van der Waals surface area (Å²) >= 11 is 0. The maximum atomic E-state index is 12.5. The van der Waals surface area contributed by atoms with E-state index in [1.165, 1.54) is 6.42 Å². The van der Waals surface area contributed by atoms with Crippen LogP contribution in [0.4, 0.5) is 0 Å². The van der Waals surface area contributed by atoms with Gasteiger partial charge < -0.3 is 9.32 Å². The third-order valence-corrected chi connectivity index (χ3v) is 4.26. The van der Waals surface area contributed by atoms with Crippen LogP contribution in [-0.4, -0.2) is 47.4 Å². The predicted molar refractivity (Wildman–Crippen MR) is 75.4 cm³/mol. The smallest absolute Gasteiger partial charge is 0.309 e. The molecule has 20 heavy (non-hydrogen) atoms. The van der Waals surface area contributed by atoms with Gasteiger partial charge in [0.25, 0.3) is 5.89 Å². The largest absolute Gasteiger partial charge is 0.437 e. The Morgan fingerprint density at radius 1 is 1.30 bits per heavy atom. The summed E-state index contributed by atoms with van der Waals surface area (Å²) in [6, 6.07) is 0. The number of likely N-dealkylation sites (N-methyl/N-ethyl adjacent to an activating group) is 1. The predicted octanol–water partition coefficient (Wildman–Crippen LogP) is 1.78. The first-order chi connectivity index (χ1) is 9.52. The SMILES string of the molecule is C[C@H]1C[C@H](C)CN(C(=O)c2nc3c(o2)CCN(C)C3)C1. The molecule has 5 nitrogen and oxygen atoms in total. The summed E-state index contributed by atoms with van der Waals surface area (Å²) in [5.74, 6) is 2.24. The average Bonchev–Trinajstić information content (AvgIpc) is 2.79. The molecule has 3 rings (SSSR count). The van der Waals surface area contributed by atoms with E-state index in [0.717, 1.165) is 44.1 Å². The zero-order valence-corrected chi connectivity index (χ0v) is 12.6. The molecule has 0 unspecified atom stereocenters. The number of rotatable bonds is 1. The number of hydrogen-bond donors (Lipinski definition) is 0. The van der Waals surface area contributed by atoms with E-state index in [0.29, 0.717) is 11.8 Å². The molecule has 1 saturated heterocycles. The lowest BCUT2D eigenvalue weighted by Gasteiger charge is -2.34. The van der Waals surface area contributed by atoms with E-state index in [1.54, 1.807) is 0 Å². The molecule has 0 saturated carbocycles. The van der Waals surface area contributed by atoms with Gasteiger partial charge in [-0.3, -0.25) is 9.69 Å². The van der Waals surface area contributed by atoms with Crippen molar-refractivity contribution in [3.8, 4) is 0 Å². The van der Waals surface area contributed by atoms with E-state index in [9.17, 15) is 4.79 Å². The molecule has 2 aliphatic heterocycles. The molecule has 0 radical (unpaired) electrons. The zero-order chi connectivity index (χ0) is 14.3. The number of carbonyl (C=O) groups is 1. The average molecular weight is 277 g/mol. The quantitative estimate of drug-likeness (QED) is 0.785. The molecule has 2 atom stereocenters. The van der Waals surface area contributed by atoms with Gasteiger partial charge in [0.15, 0.2) is 0 Å². The van der Waals surface area contributed by atoms with E-state index in [2.05, 4.69) is 30.8 Å². The Morgan fingerprint density at radius 3 is 2.70 bits per heavy atom. The van der Waals surface area contributed by atoms with Gasteiger partial charge in [-0.05, 0) is 25.3 Å². The highest BCUT2D eigenvalue weighted by molar-refractivity contribution is 5.89. The maximum absolute atomic E-state index is 12.5. The monoisotopic (exact) mass is 277 g/mol. The number of amides is 1. The highest BCUT2D eigenvalue weighted by Gasteiger charge is 2.30. The molecule has 3 heterocycles. The van der Waals surface area contributed by atoms with Crippen molar-refractivity contribution in [2.45, 2.75) is 33.2 Å². The van der Waals surface area contributed by atoms with Crippen molar-refractivity contribution >= 4 is 5.91 Å². The van der Waals surface area contributed by atoms with Crippen LogP contribution in [0.15, 0.2) is 4.42 Å². The van der Waals surface area contributed by atoms with E-state index in [4.69, 9.17) is 4.42 Å². The Morgan fingerprint density at radius 2 is 2.00 bits per heavy atom. The van der Waals surface area contributed by atoms with Crippen molar-refractivity contribution in [1.82, 2.24) is 14.8 Å². The molecule has 0 bridgehead atoms. The van der Waals surface area contributed by atoms with Crippen LogP contribution in [0, 0.1) is 11.8 Å². The number of likely N-dealkylation sites (tertiary alicyclic amines) is 1. The molecule has 1 aromatic heterocycles. The van der Waals surface area contributed by atoms with Crippen molar-refractivity contribution < 1.29 is 9.21 Å². The van der Waals surface area contributed by atoms with Gasteiger partial charge in [-0.2, -0.15) is 0 Å². The summed E-state index contributed by atoms with van der Waals surface area (Å²) in [4.78, 5) is 21.1. The fourth-order valence-corrected chi connectivity index (χ4v) is 3.38. The van der Waals surface area contributed by atoms with Crippen LogP contribution in [0.2, 0.25) is 0 Å². The van der Waals surface area contributed by atoms with Crippen LogP contribution in [-0.2, 0) is 13.0 Å². The molecule has 1 aromatic rings.